The van der Waals surface area contributed by atoms with Gasteiger partial charge in [0.2, 0.25) is 0 Å². The van der Waals surface area contributed by atoms with Crippen molar-refractivity contribution in [2.45, 2.75) is 72.8 Å². The van der Waals surface area contributed by atoms with Gasteiger partial charge in [0.1, 0.15) is 0 Å². The van der Waals surface area contributed by atoms with E-state index >= 15 is 0 Å². The zero-order chi connectivity index (χ0) is 14.8. The maximum Gasteiger partial charge on any atom is 0.309 e. The molecule has 0 fully saturated rings. The van der Waals surface area contributed by atoms with Gasteiger partial charge in [-0.15, -0.1) is 0 Å². The third-order valence-electron chi connectivity index (χ3n) is 3.46. The van der Waals surface area contributed by atoms with Gasteiger partial charge in [-0.2, -0.15) is 5.26 Å². The summed E-state index contributed by atoms with van der Waals surface area (Å²) in [6.07, 6.45) is 4.28. The molecule has 0 heterocycles. The van der Waals surface area contributed by atoms with E-state index in [2.05, 4.69) is 19.9 Å². The summed E-state index contributed by atoms with van der Waals surface area (Å²) in [6, 6.07) is 2.20. The number of rotatable bonds is 9. The zero-order valence-electron chi connectivity index (χ0n) is 13.1. The Morgan fingerprint density at radius 2 is 1.74 bits per heavy atom. The quantitative estimate of drug-likeness (QED) is 0.584. The third-order valence-corrected chi connectivity index (χ3v) is 3.46. The fourth-order valence-electron chi connectivity index (χ4n) is 1.93. The predicted molar refractivity (Wildman–Crippen MR) is 77.4 cm³/mol. The van der Waals surface area contributed by atoms with Crippen molar-refractivity contribution in [1.29, 1.82) is 5.26 Å². The largest absolute Gasteiger partial charge is 0.462 e. The van der Waals surface area contributed by atoms with E-state index in [1.165, 1.54) is 0 Å². The fraction of sp³-hybridized carbons (Fsp3) is 0.875. The highest BCUT2D eigenvalue weighted by Crippen LogP contribution is 2.19. The van der Waals surface area contributed by atoms with E-state index in [9.17, 15) is 4.79 Å². The lowest BCUT2D eigenvalue weighted by molar-refractivity contribution is -0.154. The van der Waals surface area contributed by atoms with Gasteiger partial charge in [0.25, 0.3) is 0 Å². The zero-order valence-corrected chi connectivity index (χ0v) is 13.1. The lowest BCUT2D eigenvalue weighted by Crippen LogP contribution is -2.23. The molecule has 0 aliphatic carbocycles. The number of esters is 1. The minimum atomic E-state index is -0.0867. The molecule has 0 N–H and O–H groups in total. The standard InChI is InChI=1S/C16H29NO2/c1-6-15(10-7-12(2)3)16(18)19-14(5)9-8-13(4)11-17/h12-15H,6-10H2,1-5H3. The number of nitrogens with zero attached hydrogens (tertiary/aromatic N) is 1. The first-order valence-corrected chi connectivity index (χ1v) is 7.50. The van der Waals surface area contributed by atoms with Crippen LogP contribution in [0.2, 0.25) is 0 Å². The summed E-state index contributed by atoms with van der Waals surface area (Å²) in [4.78, 5) is 12.0. The molecule has 0 aliphatic heterocycles. The Kier molecular flexibility index (Phi) is 9.30. The molecule has 0 spiro atoms. The minimum absolute atomic E-state index is 0.0261. The SMILES string of the molecule is CCC(CCC(C)C)C(=O)OC(C)CCC(C)C#N. The van der Waals surface area contributed by atoms with Crippen LogP contribution < -0.4 is 0 Å². The van der Waals surface area contributed by atoms with Gasteiger partial charge in [-0.25, -0.2) is 0 Å². The van der Waals surface area contributed by atoms with E-state index in [-0.39, 0.29) is 23.9 Å². The Morgan fingerprint density at radius 3 is 2.21 bits per heavy atom. The van der Waals surface area contributed by atoms with Crippen LogP contribution in [0.4, 0.5) is 0 Å². The molecule has 3 heteroatoms. The third kappa shape index (κ3) is 8.64. The molecule has 0 bridgehead atoms. The molecule has 0 aromatic heterocycles. The predicted octanol–water partition coefficient (Wildman–Crippen LogP) is 4.32. The van der Waals surface area contributed by atoms with E-state index in [1.807, 2.05) is 20.8 Å². The summed E-state index contributed by atoms with van der Waals surface area (Å²) >= 11 is 0. The molecule has 3 nitrogen and oxygen atoms in total. The maximum atomic E-state index is 12.0. The van der Waals surface area contributed by atoms with Crippen LogP contribution in [0.25, 0.3) is 0 Å². The van der Waals surface area contributed by atoms with E-state index in [0.717, 1.165) is 32.1 Å². The Labute approximate surface area is 118 Å². The Morgan fingerprint density at radius 1 is 1.11 bits per heavy atom. The molecule has 0 radical (unpaired) electrons. The van der Waals surface area contributed by atoms with E-state index in [0.29, 0.717) is 5.92 Å². The van der Waals surface area contributed by atoms with Gasteiger partial charge in [0, 0.05) is 5.92 Å². The number of ether oxygens (including phenoxy) is 1. The van der Waals surface area contributed by atoms with Crippen LogP contribution in [0, 0.1) is 29.1 Å². The molecule has 0 amide bonds. The van der Waals surface area contributed by atoms with Gasteiger partial charge >= 0.3 is 5.97 Å². The molecule has 0 aromatic rings. The molecular formula is C16H29NO2. The first-order valence-electron chi connectivity index (χ1n) is 7.50. The van der Waals surface area contributed by atoms with Crippen molar-refractivity contribution in [3.05, 3.63) is 0 Å². The summed E-state index contributed by atoms with van der Waals surface area (Å²) in [7, 11) is 0. The van der Waals surface area contributed by atoms with Crippen molar-refractivity contribution in [3.63, 3.8) is 0 Å². The summed E-state index contributed by atoms with van der Waals surface area (Å²) in [5.74, 6) is 0.610. The second kappa shape index (κ2) is 9.83. The monoisotopic (exact) mass is 267 g/mol. The van der Waals surface area contributed by atoms with Crippen LogP contribution in [0.5, 0.6) is 0 Å². The molecule has 0 rings (SSSR count). The molecule has 3 unspecified atom stereocenters. The first kappa shape index (κ1) is 18.0. The molecular weight excluding hydrogens is 238 g/mol. The van der Waals surface area contributed by atoms with Crippen LogP contribution in [0.1, 0.15) is 66.7 Å². The number of hydrogen-bond acceptors (Lipinski definition) is 3. The topological polar surface area (TPSA) is 50.1 Å². The number of hydrogen-bond donors (Lipinski definition) is 0. The fourth-order valence-corrected chi connectivity index (χ4v) is 1.93. The number of carbonyl (C=O) groups is 1. The Balaban J connectivity index is 4.07. The van der Waals surface area contributed by atoms with E-state index in [1.54, 1.807) is 0 Å². The normalized spacial score (nSPS) is 15.6. The molecule has 19 heavy (non-hydrogen) atoms. The lowest BCUT2D eigenvalue weighted by Gasteiger charge is -2.19. The second-order valence-corrected chi connectivity index (χ2v) is 5.93. The van der Waals surface area contributed by atoms with Gasteiger partial charge in [-0.3, -0.25) is 4.79 Å². The van der Waals surface area contributed by atoms with Gasteiger partial charge < -0.3 is 4.74 Å². The summed E-state index contributed by atoms with van der Waals surface area (Å²) in [5, 5.41) is 8.72. The molecule has 110 valence electrons. The van der Waals surface area contributed by atoms with Crippen LogP contribution >= 0.6 is 0 Å². The first-order chi connectivity index (χ1) is 8.90. The van der Waals surface area contributed by atoms with Gasteiger partial charge in [0.15, 0.2) is 0 Å². The minimum Gasteiger partial charge on any atom is -0.462 e. The maximum absolute atomic E-state index is 12.0. The van der Waals surface area contributed by atoms with E-state index < -0.39 is 0 Å². The van der Waals surface area contributed by atoms with Crippen LogP contribution in [0.15, 0.2) is 0 Å². The molecule has 3 atom stereocenters. The summed E-state index contributed by atoms with van der Waals surface area (Å²) in [6.45, 7) is 10.2. The number of carbonyl (C=O) groups excluding carboxylic acids is 1. The van der Waals surface area contributed by atoms with Crippen molar-refractivity contribution in [1.82, 2.24) is 0 Å². The Bertz CT molecular complexity index is 294. The molecule has 0 saturated heterocycles. The van der Waals surface area contributed by atoms with Gasteiger partial charge in [0.05, 0.1) is 18.1 Å². The van der Waals surface area contributed by atoms with Crippen molar-refractivity contribution < 1.29 is 9.53 Å². The number of nitriles is 1. The average Bonchev–Trinajstić information content (AvgIpc) is 2.36. The van der Waals surface area contributed by atoms with Crippen LogP contribution in [-0.2, 0) is 9.53 Å². The van der Waals surface area contributed by atoms with Crippen molar-refractivity contribution in [2.24, 2.45) is 17.8 Å². The van der Waals surface area contributed by atoms with Gasteiger partial charge in [-0.05, 0) is 45.4 Å². The molecule has 0 saturated carbocycles. The lowest BCUT2D eigenvalue weighted by atomic mass is 9.96. The van der Waals surface area contributed by atoms with Crippen molar-refractivity contribution in [3.8, 4) is 6.07 Å². The highest BCUT2D eigenvalue weighted by Gasteiger charge is 2.20. The average molecular weight is 267 g/mol. The second-order valence-electron chi connectivity index (χ2n) is 5.93. The highest BCUT2D eigenvalue weighted by molar-refractivity contribution is 5.72. The molecule has 0 aromatic carbocycles. The summed E-state index contributed by atoms with van der Waals surface area (Å²) in [5.41, 5.74) is 0. The molecule has 0 aliphatic rings. The summed E-state index contributed by atoms with van der Waals surface area (Å²) < 4.78 is 5.48. The van der Waals surface area contributed by atoms with Crippen LogP contribution in [-0.4, -0.2) is 12.1 Å². The van der Waals surface area contributed by atoms with E-state index in [4.69, 9.17) is 10.00 Å². The Hall–Kier alpha value is -1.04. The highest BCUT2D eigenvalue weighted by atomic mass is 16.5. The van der Waals surface area contributed by atoms with Crippen molar-refractivity contribution in [2.75, 3.05) is 0 Å². The van der Waals surface area contributed by atoms with Crippen molar-refractivity contribution >= 4 is 5.97 Å². The van der Waals surface area contributed by atoms with Crippen LogP contribution in [0.3, 0.4) is 0 Å². The smallest absolute Gasteiger partial charge is 0.309 e. The van der Waals surface area contributed by atoms with Gasteiger partial charge in [-0.1, -0.05) is 27.2 Å².